The number of ketones is 1. The number of hydrogen-bond acceptors (Lipinski definition) is 21. The maximum absolute atomic E-state index is 11.2. The summed E-state index contributed by atoms with van der Waals surface area (Å²) in [5.74, 6) is -0.309. The van der Waals surface area contributed by atoms with Crippen molar-refractivity contribution in [2.24, 2.45) is 0 Å². The van der Waals surface area contributed by atoms with Crippen LogP contribution in [-0.2, 0) is 36.8 Å². The van der Waals surface area contributed by atoms with Gasteiger partial charge in [0.05, 0.1) is 82.9 Å². The van der Waals surface area contributed by atoms with Gasteiger partial charge in [0.2, 0.25) is 0 Å². The fraction of sp³-hybridized carbons (Fsp3) is 0.827. The average molecular weight is 1970 g/mol. The first kappa shape index (κ1) is 122. The van der Waals surface area contributed by atoms with Crippen LogP contribution in [0.1, 0.15) is 358 Å². The largest absolute Gasteiger partial charge is 0.414 e. The van der Waals surface area contributed by atoms with Gasteiger partial charge in [-0.25, -0.2) is 0 Å². The molecule has 1 aromatic rings. The van der Waals surface area contributed by atoms with E-state index in [0.29, 0.717) is 96.7 Å². The molecule has 16 atom stereocenters. The molecule has 756 valence electrons. The summed E-state index contributed by atoms with van der Waals surface area (Å²) in [5.41, 5.74) is -4.39. The molecule has 1 saturated heterocycles. The van der Waals surface area contributed by atoms with E-state index in [1.165, 1.54) is 5.56 Å². The van der Waals surface area contributed by atoms with Crippen LogP contribution in [0.15, 0.2) is 92.0 Å². The van der Waals surface area contributed by atoms with Gasteiger partial charge in [-0.2, -0.15) is 0 Å². The Balaban J connectivity index is 0.000000390. The van der Waals surface area contributed by atoms with Crippen LogP contribution in [0.25, 0.3) is 0 Å². The van der Waals surface area contributed by atoms with E-state index in [2.05, 4.69) is 221 Å². The van der Waals surface area contributed by atoms with E-state index in [4.69, 9.17) is 32.3 Å². The summed E-state index contributed by atoms with van der Waals surface area (Å²) in [6.07, 6.45) is 39.0. The van der Waals surface area contributed by atoms with Crippen LogP contribution >= 0.6 is 15.9 Å². The predicted molar refractivity (Wildman–Crippen MR) is 545 cm³/mol. The van der Waals surface area contributed by atoms with Crippen LogP contribution in [-0.4, -0.2) is 226 Å². The van der Waals surface area contributed by atoms with Crippen LogP contribution in [0, 0.1) is 0 Å². The fourth-order valence-electron chi connectivity index (χ4n) is 18.7. The number of rotatable bonds is 28. The Labute approximate surface area is 802 Å². The maximum atomic E-state index is 11.2. The summed E-state index contributed by atoms with van der Waals surface area (Å²) in [6, 6.07) is 8.71. The summed E-state index contributed by atoms with van der Waals surface area (Å²) in [4.78, 5) is 21.6. The smallest absolute Gasteiger partial charge is 0.192 e. The van der Waals surface area contributed by atoms with Gasteiger partial charge >= 0.3 is 0 Å². The number of aliphatic hydroxyl groups is 12. The minimum atomic E-state index is -1.83. The Morgan fingerprint density at radius 1 is 0.454 bits per heavy atom. The number of aliphatic hydroxyl groups excluding tert-OH is 4. The molecule has 1 aromatic carbocycles. The van der Waals surface area contributed by atoms with E-state index < -0.39 is 90.0 Å². The highest BCUT2D eigenvalue weighted by Gasteiger charge is 2.50. The Morgan fingerprint density at radius 3 is 1.12 bits per heavy atom. The van der Waals surface area contributed by atoms with Gasteiger partial charge in [0.1, 0.15) is 12.1 Å². The van der Waals surface area contributed by atoms with Crippen molar-refractivity contribution in [1.82, 2.24) is 5.32 Å². The number of carbonyl (C=O) groups excluding carboxylic acids is 2. The molecule has 8 aliphatic carbocycles. The zero-order valence-electron chi connectivity index (χ0n) is 85.6. The van der Waals surface area contributed by atoms with Gasteiger partial charge < -0.3 is 98.6 Å². The third-order valence-electron chi connectivity index (χ3n) is 30.3. The lowest BCUT2D eigenvalue weighted by Crippen LogP contribution is -2.48. The highest BCUT2D eigenvalue weighted by molar-refractivity contribution is 9.10. The quantitative estimate of drug-likeness (QED) is 0.0211. The second kappa shape index (κ2) is 53.5. The van der Waals surface area contributed by atoms with Gasteiger partial charge in [0, 0.05) is 112 Å². The lowest BCUT2D eigenvalue weighted by Gasteiger charge is -2.44. The van der Waals surface area contributed by atoms with Crippen molar-refractivity contribution < 1.29 is 98.0 Å². The molecule has 10 rings (SSSR count). The molecule has 9 fully saturated rings. The molecule has 1 spiro atoms. The van der Waals surface area contributed by atoms with E-state index in [1.807, 2.05) is 6.08 Å². The van der Waals surface area contributed by atoms with E-state index in [9.17, 15) is 65.8 Å². The zero-order valence-corrected chi connectivity index (χ0v) is 91.1. The summed E-state index contributed by atoms with van der Waals surface area (Å²) in [6.45, 7) is 67.2. The Kier molecular flexibility index (Phi) is 50.2. The number of benzene rings is 1. The van der Waals surface area contributed by atoms with Crippen LogP contribution in [0.4, 0.5) is 0 Å². The second-order valence-electron chi connectivity index (χ2n) is 46.7. The first-order valence-electron chi connectivity index (χ1n) is 49.7. The van der Waals surface area contributed by atoms with E-state index in [0.717, 1.165) is 178 Å². The van der Waals surface area contributed by atoms with Crippen molar-refractivity contribution in [2.45, 2.75) is 519 Å². The summed E-state index contributed by atoms with van der Waals surface area (Å²) < 4.78 is 38.1. The first-order chi connectivity index (χ1) is 59.8. The van der Waals surface area contributed by atoms with Crippen molar-refractivity contribution in [3.63, 3.8) is 0 Å². The SMILES string of the molecule is C=CCC1(O)CCCC(=O)C1.C=CCC1(O)CCCC2(C1)OCCO2.C=CC[C@]1(O)CCC[C@@H](O)C1.C=CC[C@]1(O)CCC[C@@H](O[Si](C)(C)C(C)(C)C)C1.C=CC[C@]1(O)CCC[C@H](O)C1.CC(C)(C)[Si](C)(C)O[C@@H]1CCC[C@@](O)(CC(O)CO)C1.CC(C)(C)[Si](C)(C)O[C@@H]1CCC[C@@](O)(CC=O)C1.C[C@H](NCC[C@]1(O)CCC[C@@H](O[Si](C)(C)C(C)(C)C)C1)c1ccc(Br)cc1. The van der Waals surface area contributed by atoms with Crippen molar-refractivity contribution >= 4 is 61.3 Å². The number of carbonyl (C=O) groups is 2. The monoisotopic (exact) mass is 1970 g/mol. The molecule has 8 saturated carbocycles. The summed E-state index contributed by atoms with van der Waals surface area (Å²) in [5, 5.41) is 124. The summed E-state index contributed by atoms with van der Waals surface area (Å²) >= 11 is 3.48. The molecule has 0 aromatic heterocycles. The molecular formula is C104H192BrNO20Si4. The van der Waals surface area contributed by atoms with E-state index >= 15 is 0 Å². The molecule has 0 radical (unpaired) electrons. The molecule has 0 bridgehead atoms. The second-order valence-corrected chi connectivity index (χ2v) is 66.7. The number of nitrogens with one attached hydrogen (secondary N) is 1. The predicted octanol–water partition coefficient (Wildman–Crippen LogP) is 21.6. The molecule has 13 N–H and O–H groups in total. The van der Waals surface area contributed by atoms with Gasteiger partial charge in [-0.05, 0) is 283 Å². The fourth-order valence-corrected chi connectivity index (χ4v) is 24.5. The Bertz CT molecular complexity index is 3390. The highest BCUT2D eigenvalue weighted by Crippen LogP contribution is 2.48. The normalized spacial score (nSPS) is 31.4. The lowest BCUT2D eigenvalue weighted by atomic mass is 9.79. The Morgan fingerprint density at radius 2 is 0.769 bits per heavy atom. The molecule has 3 unspecified atom stereocenters. The average Bonchev–Trinajstić information content (AvgIpc) is 1.27. The number of Topliss-reactive ketones (excluding diaryl/α,β-unsaturated/α-hetero) is 1. The minimum Gasteiger partial charge on any atom is -0.414 e. The third kappa shape index (κ3) is 43.3. The molecule has 1 aliphatic heterocycles. The van der Waals surface area contributed by atoms with E-state index in [1.54, 1.807) is 24.3 Å². The van der Waals surface area contributed by atoms with Gasteiger partial charge in [-0.3, -0.25) is 4.79 Å². The molecule has 21 nitrogen and oxygen atoms in total. The molecular weight excluding hydrogens is 1780 g/mol. The van der Waals surface area contributed by atoms with Crippen LogP contribution < -0.4 is 5.32 Å². The number of hydrogen-bond donors (Lipinski definition) is 13. The maximum Gasteiger partial charge on any atom is 0.192 e. The zero-order chi connectivity index (χ0) is 99.0. The molecule has 0 amide bonds. The topological polar surface area (TPSA) is 344 Å². The number of halogens is 1. The summed E-state index contributed by atoms with van der Waals surface area (Å²) in [7, 11) is -7.10. The van der Waals surface area contributed by atoms with Crippen molar-refractivity contribution in [3.05, 3.63) is 97.6 Å². The molecule has 26 heteroatoms. The third-order valence-corrected chi connectivity index (χ3v) is 49.0. The van der Waals surface area contributed by atoms with Gasteiger partial charge in [0.25, 0.3) is 0 Å². The van der Waals surface area contributed by atoms with Crippen LogP contribution in [0.2, 0.25) is 72.5 Å². The Hall–Kier alpha value is -2.15. The van der Waals surface area contributed by atoms with Crippen LogP contribution in [0.3, 0.4) is 0 Å². The molecule has 1 heterocycles. The van der Waals surface area contributed by atoms with E-state index in [-0.39, 0.29) is 88.1 Å². The number of aldehydes is 1. The van der Waals surface area contributed by atoms with Crippen molar-refractivity contribution in [3.8, 4) is 0 Å². The van der Waals surface area contributed by atoms with Crippen LogP contribution in [0.5, 0.6) is 0 Å². The number of ether oxygens (including phenoxy) is 2. The standard InChI is InChI=1S/C22H38BrNO2Si.C15H32O4Si.C15H30O2Si.C14H28O3Si.C11H18O3.2C9H16O2.C9H14O2/c1-17(18-9-11-19(23)12-10-18)24-15-14-22(25)13-7-8-20(16-22)26-27(5,6)21(2,3)4;1-14(2,3)20(4,5)19-13-7-6-8-15(18,10-13)9-12(17)11-16;1-7-10-15(16)11-8-9-13(12-15)17-18(5,6)14(2,3)4;1-13(2,3)18(4,5)17-12-7-6-8-14(16,11-12)9-10-15;1-2-4-10(12)5-3-6-11(9-10)13-7-8-14-11;3*1-2-5-9(11)6-3-4-8(10)7-9/h9-12,17,20,24-25H,7-8,13-16H2,1-6H3;12-13,16-18H,6-11H2,1-5H3;7,13,16H,1,8-12H2,2-6H3;10,12,16H,6-9,11H2,1-5H3;2,12H,1,3-9H2;2*2,8,10-11H,1,3-7H2;2,11H,1,3-7H2/t17-,20+,22+;12?,13-,15-;13-,15+;12-,14-;;8-,9+;8-,9-;/m0111.10./s1. The molecule has 9 aliphatic rings. The van der Waals surface area contributed by atoms with Crippen molar-refractivity contribution in [1.29, 1.82) is 0 Å². The molecule has 130 heavy (non-hydrogen) atoms. The van der Waals surface area contributed by atoms with Gasteiger partial charge in [0.15, 0.2) is 39.1 Å². The van der Waals surface area contributed by atoms with Crippen molar-refractivity contribution in [2.75, 3.05) is 26.4 Å². The van der Waals surface area contributed by atoms with Gasteiger partial charge in [-0.1, -0.05) is 142 Å². The van der Waals surface area contributed by atoms with Gasteiger partial charge in [-0.15, -0.1) is 32.9 Å². The lowest BCUT2D eigenvalue weighted by molar-refractivity contribution is -0.217. The highest BCUT2D eigenvalue weighted by atomic mass is 79.9. The first-order valence-corrected chi connectivity index (χ1v) is 62.1. The minimum absolute atomic E-state index is 0.0699.